The van der Waals surface area contributed by atoms with Gasteiger partial charge in [0.05, 0.1) is 4.90 Å². The van der Waals surface area contributed by atoms with E-state index in [2.05, 4.69) is 0 Å². The quantitative estimate of drug-likeness (QED) is 0.619. The Morgan fingerprint density at radius 2 is 1.75 bits per heavy atom. The number of sulfonamides is 1. The number of carbonyl (C=O) groups excluding carboxylic acids is 1. The first kappa shape index (κ1) is 18.4. The van der Waals surface area contributed by atoms with Gasteiger partial charge in [-0.1, -0.05) is 35.9 Å². The second-order valence-electron chi connectivity index (χ2n) is 5.88. The largest absolute Gasteiger partial charge is 0.337 e. The van der Waals surface area contributed by atoms with Gasteiger partial charge in [0.1, 0.15) is 0 Å². The summed E-state index contributed by atoms with van der Waals surface area (Å²) in [4.78, 5) is 14.1. The lowest BCUT2D eigenvalue weighted by molar-refractivity contribution is -0.127. The summed E-state index contributed by atoms with van der Waals surface area (Å²) < 4.78 is 27.1. The van der Waals surface area contributed by atoms with Crippen molar-refractivity contribution < 1.29 is 13.2 Å². The Balaban J connectivity index is 2.07. The zero-order valence-electron chi connectivity index (χ0n) is 14.4. The molecule has 0 aromatic heterocycles. The zero-order valence-corrected chi connectivity index (χ0v) is 15.2. The van der Waals surface area contributed by atoms with E-state index in [9.17, 15) is 13.2 Å². The highest BCUT2D eigenvalue weighted by Gasteiger charge is 2.30. The maximum absolute atomic E-state index is 12.8. The van der Waals surface area contributed by atoms with E-state index in [4.69, 9.17) is 0 Å². The van der Waals surface area contributed by atoms with Gasteiger partial charge >= 0.3 is 0 Å². The van der Waals surface area contributed by atoms with E-state index in [-0.39, 0.29) is 5.91 Å². The van der Waals surface area contributed by atoms with E-state index >= 15 is 0 Å². The molecule has 1 aromatic carbocycles. The summed E-state index contributed by atoms with van der Waals surface area (Å²) in [5.41, 5.74) is 1.79. The van der Waals surface area contributed by atoms with Crippen LogP contribution in [0.1, 0.15) is 18.1 Å². The number of benzene rings is 1. The fraction of sp³-hybridized carbons (Fsp3) is 0.389. The highest BCUT2D eigenvalue weighted by molar-refractivity contribution is 7.89. The number of piperazine rings is 1. The van der Waals surface area contributed by atoms with Crippen molar-refractivity contribution in [2.24, 2.45) is 0 Å². The second-order valence-corrected chi connectivity index (χ2v) is 7.79. The van der Waals surface area contributed by atoms with Crippen LogP contribution in [0.5, 0.6) is 0 Å². The van der Waals surface area contributed by atoms with Crippen LogP contribution in [-0.4, -0.2) is 49.7 Å². The molecule has 0 spiro atoms. The van der Waals surface area contributed by atoms with Gasteiger partial charge in [-0.25, -0.2) is 8.42 Å². The van der Waals surface area contributed by atoms with Crippen molar-refractivity contribution in [1.82, 2.24) is 9.21 Å². The molecule has 130 valence electrons. The molecule has 0 bridgehead atoms. The number of allylic oxidation sites excluding steroid dienone is 3. The molecule has 0 atom stereocenters. The maximum Gasteiger partial charge on any atom is 0.246 e. The molecule has 0 unspecified atom stereocenters. The van der Waals surface area contributed by atoms with Gasteiger partial charge in [0.15, 0.2) is 0 Å². The Hall–Kier alpha value is -1.92. The molecular weight excluding hydrogens is 324 g/mol. The molecule has 1 aromatic rings. The molecule has 5 nitrogen and oxygen atoms in total. The third-order valence-electron chi connectivity index (χ3n) is 4.04. The molecule has 2 rings (SSSR count). The molecule has 0 radical (unpaired) electrons. The van der Waals surface area contributed by atoms with Crippen LogP contribution in [0, 0.1) is 13.8 Å². The Bertz CT molecular complexity index is 758. The van der Waals surface area contributed by atoms with Crippen LogP contribution in [0.25, 0.3) is 0 Å². The van der Waals surface area contributed by atoms with Crippen LogP contribution in [0.2, 0.25) is 0 Å². The van der Waals surface area contributed by atoms with Gasteiger partial charge in [-0.2, -0.15) is 4.31 Å². The number of nitrogens with zero attached hydrogens (tertiary/aromatic N) is 2. The van der Waals surface area contributed by atoms with E-state index in [0.717, 1.165) is 11.1 Å². The van der Waals surface area contributed by atoms with E-state index in [1.807, 2.05) is 39.0 Å². The third-order valence-corrected chi connectivity index (χ3v) is 6.10. The van der Waals surface area contributed by atoms with Crippen LogP contribution in [0.4, 0.5) is 0 Å². The minimum atomic E-state index is -3.51. The van der Waals surface area contributed by atoms with Crippen molar-refractivity contribution in [3.05, 3.63) is 53.6 Å². The minimum Gasteiger partial charge on any atom is -0.337 e. The van der Waals surface area contributed by atoms with E-state index in [1.165, 1.54) is 10.4 Å². The van der Waals surface area contributed by atoms with Crippen molar-refractivity contribution in [2.45, 2.75) is 25.7 Å². The first-order valence-electron chi connectivity index (χ1n) is 8.02. The lowest BCUT2D eigenvalue weighted by Gasteiger charge is -2.33. The molecule has 0 N–H and O–H groups in total. The summed E-state index contributed by atoms with van der Waals surface area (Å²) in [7, 11) is -3.51. The normalized spacial score (nSPS) is 17.0. The predicted octanol–water partition coefficient (Wildman–Crippen LogP) is 2.27. The number of amides is 1. The summed E-state index contributed by atoms with van der Waals surface area (Å²) in [5, 5.41) is 0. The summed E-state index contributed by atoms with van der Waals surface area (Å²) in [6.45, 7) is 7.08. The van der Waals surface area contributed by atoms with Gasteiger partial charge in [0.25, 0.3) is 0 Å². The lowest BCUT2D eigenvalue weighted by atomic mass is 10.2. The van der Waals surface area contributed by atoms with E-state index in [0.29, 0.717) is 31.1 Å². The van der Waals surface area contributed by atoms with Gasteiger partial charge in [-0.15, -0.1) is 0 Å². The summed E-state index contributed by atoms with van der Waals surface area (Å²) in [5.74, 6) is -0.0864. The van der Waals surface area contributed by atoms with E-state index in [1.54, 1.807) is 23.1 Å². The maximum atomic E-state index is 12.8. The van der Waals surface area contributed by atoms with Gasteiger partial charge in [0.2, 0.25) is 15.9 Å². The minimum absolute atomic E-state index is 0.0864. The van der Waals surface area contributed by atoms with Crippen LogP contribution in [0.15, 0.2) is 47.4 Å². The molecule has 24 heavy (non-hydrogen) atoms. The molecule has 1 saturated heterocycles. The molecule has 1 fully saturated rings. The van der Waals surface area contributed by atoms with Crippen LogP contribution >= 0.6 is 0 Å². The second kappa shape index (κ2) is 7.77. The Labute approximate surface area is 144 Å². The van der Waals surface area contributed by atoms with Gasteiger partial charge in [-0.3, -0.25) is 4.79 Å². The highest BCUT2D eigenvalue weighted by Crippen LogP contribution is 2.22. The predicted molar refractivity (Wildman–Crippen MR) is 95.2 cm³/mol. The van der Waals surface area contributed by atoms with Crippen LogP contribution < -0.4 is 0 Å². The molecule has 6 heteroatoms. The Kier molecular flexibility index (Phi) is 5.96. The van der Waals surface area contributed by atoms with Crippen molar-refractivity contribution in [1.29, 1.82) is 0 Å². The summed E-state index contributed by atoms with van der Waals surface area (Å²) in [6, 6.07) is 5.35. The standard InChI is InChI=1S/C18H24N2O3S/c1-4-5-6-7-18(21)19-10-12-20(13-11-19)24(22,23)17-9-8-15(2)14-16(17)3/h4-9,14H,10-13H2,1-3H3. The molecular formula is C18H24N2O3S. The smallest absolute Gasteiger partial charge is 0.246 e. The zero-order chi connectivity index (χ0) is 17.7. The number of rotatable bonds is 4. The number of aryl methyl sites for hydroxylation is 2. The van der Waals surface area contributed by atoms with Gasteiger partial charge < -0.3 is 4.90 Å². The third kappa shape index (κ3) is 4.13. The van der Waals surface area contributed by atoms with Crippen molar-refractivity contribution in [3.63, 3.8) is 0 Å². The number of hydrogen-bond acceptors (Lipinski definition) is 3. The molecule has 1 aliphatic heterocycles. The lowest BCUT2D eigenvalue weighted by Crippen LogP contribution is -2.50. The molecule has 0 saturated carbocycles. The van der Waals surface area contributed by atoms with Crippen molar-refractivity contribution in [2.75, 3.05) is 26.2 Å². The average molecular weight is 348 g/mol. The van der Waals surface area contributed by atoms with Crippen LogP contribution in [0.3, 0.4) is 0 Å². The molecule has 1 heterocycles. The molecule has 0 aliphatic carbocycles. The average Bonchev–Trinajstić information content (AvgIpc) is 2.54. The highest BCUT2D eigenvalue weighted by atomic mass is 32.2. The fourth-order valence-corrected chi connectivity index (χ4v) is 4.36. The number of hydrogen-bond donors (Lipinski definition) is 0. The Morgan fingerprint density at radius 3 is 2.33 bits per heavy atom. The van der Waals surface area contributed by atoms with Gasteiger partial charge in [-0.05, 0) is 32.4 Å². The summed E-state index contributed by atoms with van der Waals surface area (Å²) >= 11 is 0. The van der Waals surface area contributed by atoms with Crippen LogP contribution in [-0.2, 0) is 14.8 Å². The van der Waals surface area contributed by atoms with E-state index < -0.39 is 10.0 Å². The molecule has 1 amide bonds. The fourth-order valence-electron chi connectivity index (χ4n) is 2.73. The Morgan fingerprint density at radius 1 is 1.08 bits per heavy atom. The topological polar surface area (TPSA) is 57.7 Å². The summed E-state index contributed by atoms with van der Waals surface area (Å²) in [6.07, 6.45) is 6.84. The van der Waals surface area contributed by atoms with Gasteiger partial charge in [0, 0.05) is 32.3 Å². The molecule has 1 aliphatic rings. The SMILES string of the molecule is CC=CC=CC(=O)N1CCN(S(=O)(=O)c2ccc(C)cc2C)CC1. The monoisotopic (exact) mass is 348 g/mol. The first-order valence-corrected chi connectivity index (χ1v) is 9.46. The van der Waals surface area contributed by atoms with Crippen molar-refractivity contribution >= 4 is 15.9 Å². The first-order chi connectivity index (χ1) is 11.4. The van der Waals surface area contributed by atoms with Crippen molar-refractivity contribution in [3.8, 4) is 0 Å². The number of carbonyl (C=O) groups is 1.